The third-order valence-electron chi connectivity index (χ3n) is 4.85. The Balaban J connectivity index is 1.51. The predicted molar refractivity (Wildman–Crippen MR) is 107 cm³/mol. The monoisotopic (exact) mass is 358 g/mol. The zero-order valence-electron chi connectivity index (χ0n) is 15.5. The van der Waals surface area contributed by atoms with Crippen LogP contribution >= 0.6 is 0 Å². The predicted octanol–water partition coefficient (Wildman–Crippen LogP) is 4.40. The van der Waals surface area contributed by atoms with Crippen molar-refractivity contribution < 1.29 is 4.79 Å². The van der Waals surface area contributed by atoms with Gasteiger partial charge in [-0.15, -0.1) is 0 Å². The molecule has 5 nitrogen and oxygen atoms in total. The molecule has 4 rings (SSSR count). The molecule has 1 heterocycles. The van der Waals surface area contributed by atoms with E-state index in [2.05, 4.69) is 46.6 Å². The largest absolute Gasteiger partial charge is 0.349 e. The summed E-state index contributed by atoms with van der Waals surface area (Å²) in [7, 11) is 0. The topological polar surface area (TPSA) is 66.9 Å². The molecule has 5 heteroatoms. The van der Waals surface area contributed by atoms with Crippen LogP contribution in [0.3, 0.4) is 0 Å². The number of rotatable bonds is 5. The van der Waals surface area contributed by atoms with Gasteiger partial charge in [-0.3, -0.25) is 4.79 Å². The van der Waals surface area contributed by atoms with Crippen LogP contribution < -0.4 is 10.6 Å². The van der Waals surface area contributed by atoms with Gasteiger partial charge in [0.2, 0.25) is 5.95 Å². The Morgan fingerprint density at radius 3 is 2.56 bits per heavy atom. The van der Waals surface area contributed by atoms with Crippen molar-refractivity contribution in [1.29, 1.82) is 0 Å². The van der Waals surface area contributed by atoms with E-state index in [0.717, 1.165) is 29.8 Å². The van der Waals surface area contributed by atoms with Crippen molar-refractivity contribution in [2.75, 3.05) is 5.32 Å². The number of carbonyl (C=O) groups excluding carboxylic acids is 1. The summed E-state index contributed by atoms with van der Waals surface area (Å²) in [5, 5.41) is 6.20. The fourth-order valence-corrected chi connectivity index (χ4v) is 2.93. The maximum Gasteiger partial charge on any atom is 0.251 e. The molecule has 0 spiro atoms. The quantitative estimate of drug-likeness (QED) is 0.709. The molecule has 1 aliphatic rings. The molecule has 0 atom stereocenters. The first-order valence-corrected chi connectivity index (χ1v) is 9.18. The van der Waals surface area contributed by atoms with Crippen molar-refractivity contribution in [3.05, 3.63) is 71.4 Å². The average molecular weight is 358 g/mol. The summed E-state index contributed by atoms with van der Waals surface area (Å²) >= 11 is 0. The Bertz CT molecular complexity index is 978. The summed E-state index contributed by atoms with van der Waals surface area (Å²) in [6.45, 7) is 4.20. The molecule has 3 aromatic rings. The highest BCUT2D eigenvalue weighted by Gasteiger charge is 2.23. The first-order chi connectivity index (χ1) is 13.1. The van der Waals surface area contributed by atoms with Gasteiger partial charge >= 0.3 is 0 Å². The molecule has 1 fully saturated rings. The second-order valence-electron chi connectivity index (χ2n) is 6.96. The van der Waals surface area contributed by atoms with Crippen molar-refractivity contribution in [3.8, 4) is 11.3 Å². The van der Waals surface area contributed by atoms with Crippen LogP contribution in [0.2, 0.25) is 0 Å². The maximum absolute atomic E-state index is 12.1. The number of nitrogens with zero attached hydrogens (tertiary/aromatic N) is 2. The minimum Gasteiger partial charge on any atom is -0.349 e. The van der Waals surface area contributed by atoms with Crippen LogP contribution in [0.25, 0.3) is 11.3 Å². The Morgan fingerprint density at radius 2 is 1.81 bits per heavy atom. The zero-order chi connectivity index (χ0) is 18.8. The van der Waals surface area contributed by atoms with Gasteiger partial charge in [0.05, 0.1) is 5.69 Å². The van der Waals surface area contributed by atoms with Crippen molar-refractivity contribution in [2.24, 2.45) is 0 Å². The number of amides is 1. The number of anilines is 2. The number of benzene rings is 2. The molecule has 1 amide bonds. The minimum absolute atomic E-state index is 0.0165. The third kappa shape index (κ3) is 3.97. The highest BCUT2D eigenvalue weighted by molar-refractivity contribution is 5.94. The molecule has 1 aromatic heterocycles. The van der Waals surface area contributed by atoms with Gasteiger partial charge in [-0.25, -0.2) is 9.97 Å². The van der Waals surface area contributed by atoms with Gasteiger partial charge in [0.1, 0.15) is 0 Å². The first-order valence-electron chi connectivity index (χ1n) is 9.18. The van der Waals surface area contributed by atoms with Crippen LogP contribution in [-0.2, 0) is 0 Å². The lowest BCUT2D eigenvalue weighted by Crippen LogP contribution is -2.25. The average Bonchev–Trinajstić information content (AvgIpc) is 3.49. The van der Waals surface area contributed by atoms with Crippen molar-refractivity contribution in [2.45, 2.75) is 32.7 Å². The van der Waals surface area contributed by atoms with E-state index >= 15 is 0 Å². The summed E-state index contributed by atoms with van der Waals surface area (Å²) in [6.07, 6.45) is 3.92. The number of aromatic nitrogens is 2. The normalized spacial score (nSPS) is 13.3. The van der Waals surface area contributed by atoms with Crippen molar-refractivity contribution in [1.82, 2.24) is 15.3 Å². The van der Waals surface area contributed by atoms with E-state index in [1.807, 2.05) is 36.4 Å². The van der Waals surface area contributed by atoms with Crippen LogP contribution in [0.1, 0.15) is 34.3 Å². The molecule has 0 unspecified atom stereocenters. The van der Waals surface area contributed by atoms with Gasteiger partial charge in [0.25, 0.3) is 5.91 Å². The lowest BCUT2D eigenvalue weighted by atomic mass is 10.0. The fraction of sp³-hybridized carbons (Fsp3) is 0.227. The van der Waals surface area contributed by atoms with E-state index in [9.17, 15) is 4.79 Å². The summed E-state index contributed by atoms with van der Waals surface area (Å²) in [5.41, 5.74) is 5.95. The zero-order valence-corrected chi connectivity index (χ0v) is 15.5. The molecule has 0 bridgehead atoms. The van der Waals surface area contributed by atoms with Crippen LogP contribution in [0, 0.1) is 13.8 Å². The Morgan fingerprint density at radius 1 is 1.04 bits per heavy atom. The maximum atomic E-state index is 12.1. The van der Waals surface area contributed by atoms with Gasteiger partial charge < -0.3 is 10.6 Å². The first kappa shape index (κ1) is 17.2. The Hall–Kier alpha value is -3.21. The van der Waals surface area contributed by atoms with E-state index in [-0.39, 0.29) is 5.91 Å². The van der Waals surface area contributed by atoms with Gasteiger partial charge in [0, 0.05) is 29.1 Å². The molecule has 136 valence electrons. The smallest absolute Gasteiger partial charge is 0.251 e. The molecular weight excluding hydrogens is 336 g/mol. The molecule has 0 radical (unpaired) electrons. The highest BCUT2D eigenvalue weighted by Crippen LogP contribution is 2.25. The second-order valence-corrected chi connectivity index (χ2v) is 6.96. The number of hydrogen-bond donors (Lipinski definition) is 2. The van der Waals surface area contributed by atoms with Gasteiger partial charge in [0.15, 0.2) is 0 Å². The fourth-order valence-electron chi connectivity index (χ4n) is 2.93. The molecular formula is C22H22N4O. The Labute approximate surface area is 158 Å². The van der Waals surface area contributed by atoms with Crippen LogP contribution in [0.15, 0.2) is 54.7 Å². The highest BCUT2D eigenvalue weighted by atomic mass is 16.1. The summed E-state index contributed by atoms with van der Waals surface area (Å²) < 4.78 is 0. The number of aryl methyl sites for hydroxylation is 1. The van der Waals surface area contributed by atoms with Gasteiger partial charge in [-0.05, 0) is 68.1 Å². The third-order valence-corrected chi connectivity index (χ3v) is 4.85. The lowest BCUT2D eigenvalue weighted by molar-refractivity contribution is 0.0951. The van der Waals surface area contributed by atoms with Crippen molar-refractivity contribution >= 4 is 17.5 Å². The molecule has 0 aliphatic heterocycles. The standard InChI is InChI=1S/C22H22N4O/c1-14-4-3-5-19(15(14)2)20-12-13-23-22(26-20)25-18-8-6-16(7-9-18)21(27)24-17-10-11-17/h3-9,12-13,17H,10-11H2,1-2H3,(H,24,27)(H,23,25,26). The van der Waals surface area contributed by atoms with Crippen LogP contribution in [-0.4, -0.2) is 21.9 Å². The molecule has 1 saturated carbocycles. The summed E-state index contributed by atoms with van der Waals surface area (Å²) in [4.78, 5) is 21.0. The molecule has 1 aliphatic carbocycles. The van der Waals surface area contributed by atoms with E-state index in [1.54, 1.807) is 6.20 Å². The number of hydrogen-bond acceptors (Lipinski definition) is 4. The molecule has 2 N–H and O–H groups in total. The van der Waals surface area contributed by atoms with Gasteiger partial charge in [-0.1, -0.05) is 18.2 Å². The van der Waals surface area contributed by atoms with Crippen LogP contribution in [0.4, 0.5) is 11.6 Å². The van der Waals surface area contributed by atoms with E-state index in [1.165, 1.54) is 11.1 Å². The molecule has 27 heavy (non-hydrogen) atoms. The molecule has 0 saturated heterocycles. The number of carbonyl (C=O) groups is 1. The second kappa shape index (κ2) is 7.19. The van der Waals surface area contributed by atoms with E-state index in [4.69, 9.17) is 0 Å². The number of nitrogens with one attached hydrogen (secondary N) is 2. The van der Waals surface area contributed by atoms with Crippen molar-refractivity contribution in [3.63, 3.8) is 0 Å². The summed E-state index contributed by atoms with van der Waals surface area (Å²) in [6, 6.07) is 15.9. The minimum atomic E-state index is -0.0165. The van der Waals surface area contributed by atoms with E-state index < -0.39 is 0 Å². The lowest BCUT2D eigenvalue weighted by Gasteiger charge is -2.10. The molecule has 2 aromatic carbocycles. The van der Waals surface area contributed by atoms with Gasteiger partial charge in [-0.2, -0.15) is 0 Å². The van der Waals surface area contributed by atoms with Crippen LogP contribution in [0.5, 0.6) is 0 Å². The van der Waals surface area contributed by atoms with E-state index in [0.29, 0.717) is 17.6 Å². The SMILES string of the molecule is Cc1cccc(-c2ccnc(Nc3ccc(C(=O)NC4CC4)cc3)n2)c1C. The summed E-state index contributed by atoms with van der Waals surface area (Å²) in [5.74, 6) is 0.515. The Kier molecular flexibility index (Phi) is 4.59.